The second-order valence-electron chi connectivity index (χ2n) is 16.8. The van der Waals surface area contributed by atoms with E-state index in [1.807, 2.05) is 73.8 Å². The Morgan fingerprint density at radius 2 is 1.69 bits per heavy atom. The van der Waals surface area contributed by atoms with Crippen LogP contribution in [0.4, 0.5) is 17.1 Å². The molecule has 2 heterocycles. The van der Waals surface area contributed by atoms with Gasteiger partial charge in [-0.15, -0.1) is 0 Å². The number of rotatable bonds is 13. The van der Waals surface area contributed by atoms with Crippen LogP contribution in [0, 0.1) is 15.5 Å². The van der Waals surface area contributed by atoms with Crippen molar-refractivity contribution in [3.8, 4) is 11.5 Å². The van der Waals surface area contributed by atoms with Crippen molar-refractivity contribution in [3.05, 3.63) is 159 Å². The largest absolute Gasteiger partial charge is 0.456 e. The summed E-state index contributed by atoms with van der Waals surface area (Å²) in [5.41, 5.74) is 6.65. The number of carbonyl (C=O) groups is 1. The molecule has 1 aliphatic heterocycles. The van der Waals surface area contributed by atoms with Crippen LogP contribution < -0.4 is 19.7 Å². The van der Waals surface area contributed by atoms with Crippen LogP contribution in [0.15, 0.2) is 132 Å². The van der Waals surface area contributed by atoms with Gasteiger partial charge in [-0.1, -0.05) is 73.5 Å². The molecule has 320 valence electrons. The predicted molar refractivity (Wildman–Crippen MR) is 246 cm³/mol. The summed E-state index contributed by atoms with van der Waals surface area (Å²) in [6.07, 6.45) is 5.02. The molecule has 1 amide bonds. The first-order chi connectivity index (χ1) is 29.7. The molecule has 3 N–H and O–H groups in total. The Morgan fingerprint density at radius 1 is 0.935 bits per heavy atom. The highest BCUT2D eigenvalue weighted by Gasteiger charge is 2.30. The SMILES string of the molecule is C[C@H](Nc1ccc(S(=O)(=O)NC(=O)c2ccc(N3CCN(CC4=C(c5ccc(Cl)cc5)CC(C)(C)CC4)CC3)cc2Oc2ccc3[nH]ccc3c2)cc1[N+](=O)[O-])c1ccccc1. The van der Waals surface area contributed by atoms with Crippen LogP contribution in [0.1, 0.15) is 67.6 Å². The van der Waals surface area contributed by atoms with Crippen molar-refractivity contribution in [2.45, 2.75) is 51.0 Å². The minimum atomic E-state index is -4.57. The number of fused-ring (bicyclic) bond motifs is 1. The lowest BCUT2D eigenvalue weighted by atomic mass is 9.72. The molecule has 0 unspecified atom stereocenters. The number of piperazine rings is 1. The monoisotopic (exact) mass is 872 g/mol. The van der Waals surface area contributed by atoms with Gasteiger partial charge in [-0.25, -0.2) is 13.1 Å². The average molecular weight is 873 g/mol. The number of benzene rings is 5. The number of aromatic amines is 1. The number of amides is 1. The van der Waals surface area contributed by atoms with Gasteiger partial charge in [0.2, 0.25) is 0 Å². The van der Waals surface area contributed by atoms with Gasteiger partial charge < -0.3 is 19.9 Å². The van der Waals surface area contributed by atoms with Gasteiger partial charge in [-0.2, -0.15) is 0 Å². The quantitative estimate of drug-likeness (QED) is 0.0761. The lowest BCUT2D eigenvalue weighted by Gasteiger charge is -2.39. The molecule has 5 aromatic carbocycles. The van der Waals surface area contributed by atoms with Gasteiger partial charge in [0.15, 0.2) is 0 Å². The van der Waals surface area contributed by atoms with Crippen LogP contribution in [0.3, 0.4) is 0 Å². The third-order valence-electron chi connectivity index (χ3n) is 11.9. The molecule has 0 spiro atoms. The fourth-order valence-electron chi connectivity index (χ4n) is 8.35. The number of nitro groups is 1. The van der Waals surface area contributed by atoms with Gasteiger partial charge >= 0.3 is 0 Å². The lowest BCUT2D eigenvalue weighted by Crippen LogP contribution is -2.47. The number of ether oxygens (including phenoxy) is 1. The highest BCUT2D eigenvalue weighted by Crippen LogP contribution is 2.43. The predicted octanol–water partition coefficient (Wildman–Crippen LogP) is 10.6. The number of nitrogens with zero attached hydrogens (tertiary/aromatic N) is 3. The van der Waals surface area contributed by atoms with Crippen molar-refractivity contribution in [3.63, 3.8) is 0 Å². The number of anilines is 2. The second kappa shape index (κ2) is 17.7. The van der Waals surface area contributed by atoms with E-state index in [9.17, 15) is 23.3 Å². The molecule has 1 aliphatic carbocycles. The Balaban J connectivity index is 1.02. The molecule has 6 aromatic rings. The Kier molecular flexibility index (Phi) is 12.1. The maximum atomic E-state index is 14.0. The van der Waals surface area contributed by atoms with Crippen LogP contribution in [-0.2, 0) is 10.0 Å². The van der Waals surface area contributed by atoms with E-state index in [0.29, 0.717) is 5.75 Å². The van der Waals surface area contributed by atoms with Crippen molar-refractivity contribution < 1.29 is 22.9 Å². The summed E-state index contributed by atoms with van der Waals surface area (Å²) in [4.78, 5) is 32.9. The Labute approximate surface area is 366 Å². The van der Waals surface area contributed by atoms with E-state index in [1.165, 1.54) is 28.8 Å². The number of carbonyl (C=O) groups excluding carboxylic acids is 1. The summed E-state index contributed by atoms with van der Waals surface area (Å²) in [6.45, 7) is 10.5. The molecular weight excluding hydrogens is 824 g/mol. The van der Waals surface area contributed by atoms with E-state index in [-0.39, 0.29) is 28.5 Å². The molecule has 8 rings (SSSR count). The number of halogens is 1. The van der Waals surface area contributed by atoms with Crippen LogP contribution in [0.25, 0.3) is 16.5 Å². The van der Waals surface area contributed by atoms with E-state index in [0.717, 1.165) is 85.2 Å². The lowest BCUT2D eigenvalue weighted by molar-refractivity contribution is -0.384. The van der Waals surface area contributed by atoms with E-state index < -0.39 is 31.4 Å². The zero-order valence-corrected chi connectivity index (χ0v) is 36.4. The number of sulfonamides is 1. The number of hydrogen-bond acceptors (Lipinski definition) is 9. The summed E-state index contributed by atoms with van der Waals surface area (Å²) >= 11 is 6.24. The average Bonchev–Trinajstić information content (AvgIpc) is 3.73. The smallest absolute Gasteiger partial charge is 0.293 e. The van der Waals surface area contributed by atoms with E-state index >= 15 is 0 Å². The molecule has 0 bridgehead atoms. The number of hydrogen-bond donors (Lipinski definition) is 3. The fourth-order valence-corrected chi connectivity index (χ4v) is 9.46. The number of nitrogens with one attached hydrogen (secondary N) is 3. The first-order valence-corrected chi connectivity index (χ1v) is 22.6. The van der Waals surface area contributed by atoms with Gasteiger partial charge in [0.05, 0.1) is 15.4 Å². The van der Waals surface area contributed by atoms with Gasteiger partial charge in [0.1, 0.15) is 17.2 Å². The van der Waals surface area contributed by atoms with Crippen molar-refractivity contribution >= 4 is 61.1 Å². The standard InChI is InChI=1S/C48H49ClN6O6S/c1-32(33-7-5-4-6-8-33)51-44-18-15-40(29-45(44)55(57)58)62(59,60)52-47(56)41-16-13-38(28-46(41)61-39-14-17-43-35(27-39)20-22-50-43)54-25-23-53(24-26-54)31-36-19-21-48(2,3)30-42(36)34-9-11-37(49)12-10-34/h4-18,20,22,27-29,32,50-51H,19,21,23-26,30-31H2,1-3H3,(H,52,56)/t32-/m0/s1. The highest BCUT2D eigenvalue weighted by molar-refractivity contribution is 7.90. The number of H-pyrrole nitrogens is 1. The number of nitro benzene ring substituents is 1. The molecular formula is C48H49ClN6O6S. The molecule has 12 nitrogen and oxygen atoms in total. The maximum absolute atomic E-state index is 14.0. The summed E-state index contributed by atoms with van der Waals surface area (Å²) in [6, 6.07) is 33.3. The second-order valence-corrected chi connectivity index (χ2v) is 19.0. The van der Waals surface area contributed by atoms with E-state index in [1.54, 1.807) is 24.3 Å². The zero-order chi connectivity index (χ0) is 43.6. The van der Waals surface area contributed by atoms with E-state index in [2.05, 4.69) is 50.8 Å². The normalized spacial score (nSPS) is 16.2. The van der Waals surface area contributed by atoms with Crippen molar-refractivity contribution in [1.29, 1.82) is 0 Å². The zero-order valence-electron chi connectivity index (χ0n) is 34.9. The third kappa shape index (κ3) is 9.65. The Hall–Kier alpha value is -6.15. The van der Waals surface area contributed by atoms with Crippen molar-refractivity contribution in [2.75, 3.05) is 42.9 Å². The molecule has 62 heavy (non-hydrogen) atoms. The van der Waals surface area contributed by atoms with Gasteiger partial charge in [0.25, 0.3) is 21.6 Å². The van der Waals surface area contributed by atoms with Crippen molar-refractivity contribution in [1.82, 2.24) is 14.6 Å². The van der Waals surface area contributed by atoms with Crippen LogP contribution in [0.5, 0.6) is 11.5 Å². The van der Waals surface area contributed by atoms with E-state index in [4.69, 9.17) is 16.3 Å². The molecule has 2 aliphatic rings. The summed E-state index contributed by atoms with van der Waals surface area (Å²) in [5.74, 6) is -0.322. The number of aromatic nitrogens is 1. The maximum Gasteiger partial charge on any atom is 0.293 e. The molecule has 0 saturated carbocycles. The minimum Gasteiger partial charge on any atom is -0.456 e. The first kappa shape index (κ1) is 42.5. The highest BCUT2D eigenvalue weighted by atomic mass is 35.5. The molecule has 1 fully saturated rings. The topological polar surface area (TPSA) is 150 Å². The third-order valence-corrected chi connectivity index (χ3v) is 13.4. The number of allylic oxidation sites excluding steroid dienone is 1. The summed E-state index contributed by atoms with van der Waals surface area (Å²) in [7, 11) is -4.57. The van der Waals surface area contributed by atoms with Crippen molar-refractivity contribution in [2.24, 2.45) is 5.41 Å². The van der Waals surface area contributed by atoms with Crippen LogP contribution in [-0.4, -0.2) is 61.9 Å². The Morgan fingerprint density at radius 3 is 2.44 bits per heavy atom. The Bertz CT molecular complexity index is 2760. The molecule has 14 heteroatoms. The van der Waals surface area contributed by atoms with Crippen LogP contribution in [0.2, 0.25) is 5.02 Å². The van der Waals surface area contributed by atoms with Gasteiger partial charge in [-0.05, 0) is 109 Å². The van der Waals surface area contributed by atoms with Gasteiger partial charge in [-0.3, -0.25) is 19.8 Å². The molecule has 1 atom stereocenters. The fraction of sp³-hybridized carbons (Fsp3) is 0.271. The van der Waals surface area contributed by atoms with Gasteiger partial charge in [0, 0.05) is 78.7 Å². The molecule has 0 radical (unpaired) electrons. The minimum absolute atomic E-state index is 0.0171. The first-order valence-electron chi connectivity index (χ1n) is 20.7. The summed E-state index contributed by atoms with van der Waals surface area (Å²) in [5, 5.41) is 16.9. The van der Waals surface area contributed by atoms with Crippen LogP contribution >= 0.6 is 11.6 Å². The molecule has 1 aromatic heterocycles. The summed E-state index contributed by atoms with van der Waals surface area (Å²) < 4.78 is 36.0. The molecule has 1 saturated heterocycles.